The summed E-state index contributed by atoms with van der Waals surface area (Å²) in [7, 11) is 0. The Morgan fingerprint density at radius 2 is 1.57 bits per heavy atom. The van der Waals surface area contributed by atoms with Crippen LogP contribution in [0.2, 0.25) is 0 Å². The van der Waals surface area contributed by atoms with Crippen molar-refractivity contribution in [3.8, 4) is 0 Å². The zero-order chi connectivity index (χ0) is 16.2. The maximum Gasteiger partial charge on any atom is 0.238 e. The van der Waals surface area contributed by atoms with E-state index < -0.39 is 0 Å². The van der Waals surface area contributed by atoms with E-state index in [9.17, 15) is 4.79 Å². The van der Waals surface area contributed by atoms with Crippen LogP contribution in [-0.4, -0.2) is 16.7 Å². The minimum absolute atomic E-state index is 0.0147. The third-order valence-corrected chi connectivity index (χ3v) is 5.03. The molecule has 2 aromatic rings. The van der Waals surface area contributed by atoms with Gasteiger partial charge >= 0.3 is 0 Å². The Labute approximate surface area is 143 Å². The Morgan fingerprint density at radius 1 is 1.00 bits per heavy atom. The van der Waals surface area contributed by atoms with E-state index in [2.05, 4.69) is 31.2 Å². The summed E-state index contributed by atoms with van der Waals surface area (Å²) in [4.78, 5) is 14.7. The summed E-state index contributed by atoms with van der Waals surface area (Å²) in [6.45, 7) is 2.23. The van der Waals surface area contributed by atoms with Crippen LogP contribution in [-0.2, 0) is 4.79 Å². The van der Waals surface area contributed by atoms with Gasteiger partial charge in [0.25, 0.3) is 0 Å². The molecule has 0 bridgehead atoms. The van der Waals surface area contributed by atoms with Gasteiger partial charge in [-0.15, -0.1) is 11.6 Å². The highest BCUT2D eigenvalue weighted by atomic mass is 35.5. The van der Waals surface area contributed by atoms with Gasteiger partial charge in [-0.3, -0.25) is 4.79 Å². The monoisotopic (exact) mass is 327 g/mol. The number of carbonyl (C=O) groups is 1. The first-order valence-electron chi connectivity index (χ1n) is 8.19. The molecule has 1 aliphatic heterocycles. The van der Waals surface area contributed by atoms with Crippen molar-refractivity contribution in [3.05, 3.63) is 71.8 Å². The van der Waals surface area contributed by atoms with E-state index in [1.807, 2.05) is 41.3 Å². The highest BCUT2D eigenvalue weighted by Crippen LogP contribution is 2.44. The third-order valence-electron chi connectivity index (χ3n) is 4.80. The number of benzene rings is 2. The van der Waals surface area contributed by atoms with Gasteiger partial charge in [-0.25, -0.2) is 0 Å². The van der Waals surface area contributed by atoms with Crippen LogP contribution in [0.15, 0.2) is 60.7 Å². The van der Waals surface area contributed by atoms with Crippen molar-refractivity contribution in [2.24, 2.45) is 5.92 Å². The minimum atomic E-state index is 0.0147. The maximum absolute atomic E-state index is 12.7. The summed E-state index contributed by atoms with van der Waals surface area (Å²) in [6.07, 6.45) is 2.09. The molecule has 0 spiro atoms. The minimum Gasteiger partial charge on any atom is -0.327 e. The van der Waals surface area contributed by atoms with E-state index in [1.54, 1.807) is 0 Å². The standard InChI is InChI=1S/C20H22ClNO/c1-15-12-13-18(16-8-4-2-5-9-16)22(19(23)14-21)20(15)17-10-6-3-7-11-17/h2-11,15,18,20H,12-14H2,1H3/t15-,18+,20-/m1/s1. The predicted octanol–water partition coefficient (Wildman–Crippen LogP) is 4.97. The number of carbonyl (C=O) groups excluding carboxylic acids is 1. The van der Waals surface area contributed by atoms with Gasteiger partial charge in [-0.05, 0) is 29.9 Å². The number of nitrogens with zero attached hydrogens (tertiary/aromatic N) is 1. The van der Waals surface area contributed by atoms with Gasteiger partial charge in [0.15, 0.2) is 0 Å². The molecule has 0 radical (unpaired) electrons. The van der Waals surface area contributed by atoms with E-state index in [-0.39, 0.29) is 23.9 Å². The molecule has 1 saturated heterocycles. The molecule has 1 fully saturated rings. The summed E-state index contributed by atoms with van der Waals surface area (Å²) in [5.41, 5.74) is 2.39. The van der Waals surface area contributed by atoms with Crippen LogP contribution in [0.1, 0.15) is 43.0 Å². The lowest BCUT2D eigenvalue weighted by Gasteiger charge is -2.46. The van der Waals surface area contributed by atoms with Gasteiger partial charge in [0.1, 0.15) is 5.88 Å². The number of likely N-dealkylation sites (tertiary alicyclic amines) is 1. The van der Waals surface area contributed by atoms with Crippen LogP contribution < -0.4 is 0 Å². The number of hydrogen-bond donors (Lipinski definition) is 0. The fourth-order valence-corrected chi connectivity index (χ4v) is 3.86. The molecule has 120 valence electrons. The smallest absolute Gasteiger partial charge is 0.238 e. The van der Waals surface area contributed by atoms with E-state index in [1.165, 1.54) is 11.1 Å². The van der Waals surface area contributed by atoms with Crippen LogP contribution in [0.25, 0.3) is 0 Å². The van der Waals surface area contributed by atoms with Crippen LogP contribution >= 0.6 is 11.6 Å². The second-order valence-electron chi connectivity index (χ2n) is 6.27. The van der Waals surface area contributed by atoms with Crippen LogP contribution in [0.5, 0.6) is 0 Å². The largest absolute Gasteiger partial charge is 0.327 e. The molecule has 23 heavy (non-hydrogen) atoms. The lowest BCUT2D eigenvalue weighted by molar-refractivity contribution is -0.138. The normalized spacial score (nSPS) is 24.4. The van der Waals surface area contributed by atoms with Gasteiger partial charge in [0, 0.05) is 0 Å². The second-order valence-corrected chi connectivity index (χ2v) is 6.54. The van der Waals surface area contributed by atoms with Crippen molar-refractivity contribution in [3.63, 3.8) is 0 Å². The molecule has 0 aromatic heterocycles. The molecule has 3 heteroatoms. The van der Waals surface area contributed by atoms with Crippen molar-refractivity contribution in [2.75, 3.05) is 5.88 Å². The molecule has 1 amide bonds. The maximum atomic E-state index is 12.7. The molecule has 0 N–H and O–H groups in total. The molecule has 0 aliphatic carbocycles. The molecule has 2 aromatic carbocycles. The zero-order valence-corrected chi connectivity index (χ0v) is 14.1. The average Bonchev–Trinajstić information content (AvgIpc) is 2.62. The molecule has 3 atom stereocenters. The number of piperidine rings is 1. The van der Waals surface area contributed by atoms with Crippen molar-refractivity contribution in [1.82, 2.24) is 4.90 Å². The Balaban J connectivity index is 2.03. The first kappa shape index (κ1) is 16.1. The first-order valence-corrected chi connectivity index (χ1v) is 8.73. The Morgan fingerprint density at radius 3 is 2.13 bits per heavy atom. The molecule has 0 saturated carbocycles. The summed E-state index contributed by atoms with van der Waals surface area (Å²) >= 11 is 5.95. The van der Waals surface area contributed by atoms with Crippen LogP contribution in [0.3, 0.4) is 0 Å². The molecular weight excluding hydrogens is 306 g/mol. The first-order chi connectivity index (χ1) is 11.2. The van der Waals surface area contributed by atoms with Crippen molar-refractivity contribution >= 4 is 17.5 Å². The predicted molar refractivity (Wildman–Crippen MR) is 94.3 cm³/mol. The van der Waals surface area contributed by atoms with Gasteiger partial charge < -0.3 is 4.90 Å². The quantitative estimate of drug-likeness (QED) is 0.729. The Bertz CT molecular complexity index is 643. The van der Waals surface area contributed by atoms with Crippen LogP contribution in [0, 0.1) is 5.92 Å². The number of hydrogen-bond acceptors (Lipinski definition) is 1. The van der Waals surface area contributed by atoms with Crippen molar-refractivity contribution in [2.45, 2.75) is 31.8 Å². The number of amides is 1. The molecule has 0 unspecified atom stereocenters. The molecule has 3 rings (SSSR count). The Kier molecular flexibility index (Phi) is 5.02. The zero-order valence-electron chi connectivity index (χ0n) is 13.4. The van der Waals surface area contributed by atoms with E-state index in [4.69, 9.17) is 11.6 Å². The molecule has 1 aliphatic rings. The fourth-order valence-electron chi connectivity index (χ4n) is 3.73. The number of rotatable bonds is 3. The number of alkyl halides is 1. The van der Waals surface area contributed by atoms with Gasteiger partial charge in [0.05, 0.1) is 12.1 Å². The highest BCUT2D eigenvalue weighted by molar-refractivity contribution is 6.27. The Hall–Kier alpha value is -1.80. The highest BCUT2D eigenvalue weighted by Gasteiger charge is 2.39. The summed E-state index contributed by atoms with van der Waals surface area (Å²) in [5.74, 6) is 0.463. The van der Waals surface area contributed by atoms with E-state index in [0.717, 1.165) is 12.8 Å². The van der Waals surface area contributed by atoms with Gasteiger partial charge in [-0.2, -0.15) is 0 Å². The second kappa shape index (κ2) is 7.18. The topological polar surface area (TPSA) is 20.3 Å². The molecular formula is C20H22ClNO. The number of halogens is 1. The molecule has 1 heterocycles. The SMILES string of the molecule is C[C@@H]1CC[C@@H](c2ccccc2)N(C(=O)CCl)[C@H]1c1ccccc1. The third kappa shape index (κ3) is 3.28. The van der Waals surface area contributed by atoms with Crippen LogP contribution in [0.4, 0.5) is 0 Å². The molecule has 2 nitrogen and oxygen atoms in total. The van der Waals surface area contributed by atoms with Gasteiger partial charge in [0.2, 0.25) is 5.91 Å². The van der Waals surface area contributed by atoms with Crippen molar-refractivity contribution < 1.29 is 4.79 Å². The average molecular weight is 328 g/mol. The summed E-state index contributed by atoms with van der Waals surface area (Å²) in [6, 6.07) is 20.8. The lowest BCUT2D eigenvalue weighted by atomic mass is 9.81. The summed E-state index contributed by atoms with van der Waals surface area (Å²) < 4.78 is 0. The lowest BCUT2D eigenvalue weighted by Crippen LogP contribution is -2.44. The van der Waals surface area contributed by atoms with E-state index in [0.29, 0.717) is 5.92 Å². The van der Waals surface area contributed by atoms with E-state index >= 15 is 0 Å². The fraction of sp³-hybridized carbons (Fsp3) is 0.350. The van der Waals surface area contributed by atoms with Gasteiger partial charge in [-0.1, -0.05) is 67.6 Å². The summed E-state index contributed by atoms with van der Waals surface area (Å²) in [5, 5.41) is 0. The van der Waals surface area contributed by atoms with Crippen molar-refractivity contribution in [1.29, 1.82) is 0 Å².